The topological polar surface area (TPSA) is 54.3 Å². The van der Waals surface area contributed by atoms with E-state index in [2.05, 4.69) is 44.8 Å². The summed E-state index contributed by atoms with van der Waals surface area (Å²) in [6.07, 6.45) is 3.43. The van der Waals surface area contributed by atoms with Crippen molar-refractivity contribution in [3.8, 4) is 0 Å². The molecule has 2 aromatic rings. The number of rotatable bonds is 3. The molecule has 1 amide bonds. The molecule has 1 fully saturated rings. The van der Waals surface area contributed by atoms with Gasteiger partial charge in [-0.05, 0) is 37.8 Å². The molecule has 6 nitrogen and oxygen atoms in total. The number of fused-ring (bicyclic) bond motifs is 2. The second-order valence-corrected chi connectivity index (χ2v) is 7.56. The lowest BCUT2D eigenvalue weighted by atomic mass is 10.1. The first-order valence-electron chi connectivity index (χ1n) is 9.25. The second kappa shape index (κ2) is 5.66. The number of anilines is 1. The SMILES string of the molecule is CC1Cc2ccccc2N1C(=O)CN1CCn2c(nnc2C2CC2)C1. The largest absolute Gasteiger partial charge is 0.312 e. The Kier molecular flexibility index (Phi) is 3.41. The van der Waals surface area contributed by atoms with E-state index in [4.69, 9.17) is 0 Å². The van der Waals surface area contributed by atoms with E-state index in [1.54, 1.807) is 0 Å². The zero-order valence-electron chi connectivity index (χ0n) is 14.6. The lowest BCUT2D eigenvalue weighted by Crippen LogP contribution is -2.45. The van der Waals surface area contributed by atoms with Gasteiger partial charge in [0, 0.05) is 30.7 Å². The minimum Gasteiger partial charge on any atom is -0.312 e. The van der Waals surface area contributed by atoms with Crippen molar-refractivity contribution in [3.63, 3.8) is 0 Å². The van der Waals surface area contributed by atoms with Crippen molar-refractivity contribution < 1.29 is 4.79 Å². The summed E-state index contributed by atoms with van der Waals surface area (Å²) in [4.78, 5) is 17.1. The average molecular weight is 337 g/mol. The number of carbonyl (C=O) groups is 1. The number of aromatic nitrogens is 3. The van der Waals surface area contributed by atoms with Crippen LogP contribution in [0.5, 0.6) is 0 Å². The number of nitrogens with zero attached hydrogens (tertiary/aromatic N) is 5. The normalized spacial score (nSPS) is 22.8. The van der Waals surface area contributed by atoms with Crippen molar-refractivity contribution in [1.82, 2.24) is 19.7 Å². The highest BCUT2D eigenvalue weighted by atomic mass is 16.2. The van der Waals surface area contributed by atoms with Gasteiger partial charge in [-0.25, -0.2) is 0 Å². The molecule has 1 aromatic heterocycles. The molecule has 1 aliphatic carbocycles. The summed E-state index contributed by atoms with van der Waals surface area (Å²) in [5.74, 6) is 2.98. The standard InChI is InChI=1S/C19H23N5O/c1-13-10-15-4-2-3-5-16(15)24(13)18(25)12-22-8-9-23-17(11-22)20-21-19(23)14-6-7-14/h2-5,13-14H,6-12H2,1H3. The number of benzene rings is 1. The van der Waals surface area contributed by atoms with Crippen molar-refractivity contribution in [2.75, 3.05) is 18.0 Å². The number of carbonyl (C=O) groups excluding carboxylic acids is 1. The molecule has 5 rings (SSSR count). The van der Waals surface area contributed by atoms with Gasteiger partial charge in [0.25, 0.3) is 0 Å². The van der Waals surface area contributed by atoms with E-state index in [0.717, 1.165) is 43.4 Å². The van der Waals surface area contributed by atoms with Crippen LogP contribution in [-0.4, -0.2) is 44.7 Å². The summed E-state index contributed by atoms with van der Waals surface area (Å²) in [6.45, 7) is 5.08. The van der Waals surface area contributed by atoms with Gasteiger partial charge in [-0.15, -0.1) is 10.2 Å². The molecule has 1 aromatic carbocycles. The van der Waals surface area contributed by atoms with Gasteiger partial charge in [-0.3, -0.25) is 9.69 Å². The first-order chi connectivity index (χ1) is 12.2. The predicted molar refractivity (Wildman–Crippen MR) is 94.4 cm³/mol. The van der Waals surface area contributed by atoms with Crippen LogP contribution in [0.2, 0.25) is 0 Å². The van der Waals surface area contributed by atoms with Gasteiger partial charge in [0.2, 0.25) is 5.91 Å². The van der Waals surface area contributed by atoms with Crippen LogP contribution >= 0.6 is 0 Å². The third-order valence-electron chi connectivity index (χ3n) is 5.64. The maximum absolute atomic E-state index is 13.0. The summed E-state index contributed by atoms with van der Waals surface area (Å²) >= 11 is 0. The summed E-state index contributed by atoms with van der Waals surface area (Å²) in [6, 6.07) is 8.49. The van der Waals surface area contributed by atoms with Crippen LogP contribution in [0.25, 0.3) is 0 Å². The van der Waals surface area contributed by atoms with Gasteiger partial charge in [-0.1, -0.05) is 18.2 Å². The van der Waals surface area contributed by atoms with E-state index in [0.29, 0.717) is 12.5 Å². The van der Waals surface area contributed by atoms with Gasteiger partial charge in [0.05, 0.1) is 13.1 Å². The van der Waals surface area contributed by atoms with Gasteiger partial charge in [-0.2, -0.15) is 0 Å². The van der Waals surface area contributed by atoms with Gasteiger partial charge in [0.15, 0.2) is 0 Å². The third-order valence-corrected chi connectivity index (χ3v) is 5.64. The number of hydrogen-bond acceptors (Lipinski definition) is 4. The Morgan fingerprint density at radius 2 is 2.04 bits per heavy atom. The molecular formula is C19H23N5O. The van der Waals surface area contributed by atoms with E-state index in [9.17, 15) is 4.79 Å². The van der Waals surface area contributed by atoms with Crippen LogP contribution in [-0.2, 0) is 24.3 Å². The Labute approximate surface area is 147 Å². The molecule has 3 aliphatic rings. The molecule has 25 heavy (non-hydrogen) atoms. The second-order valence-electron chi connectivity index (χ2n) is 7.56. The Bertz CT molecular complexity index is 825. The minimum atomic E-state index is 0.188. The summed E-state index contributed by atoms with van der Waals surface area (Å²) in [5, 5.41) is 8.75. The summed E-state index contributed by atoms with van der Waals surface area (Å²) in [5.41, 5.74) is 2.35. The molecule has 1 saturated carbocycles. The lowest BCUT2D eigenvalue weighted by molar-refractivity contribution is -0.120. The Morgan fingerprint density at radius 1 is 1.20 bits per heavy atom. The molecule has 0 spiro atoms. The van der Waals surface area contributed by atoms with Crippen LogP contribution in [0.1, 0.15) is 42.9 Å². The fourth-order valence-corrected chi connectivity index (χ4v) is 4.22. The van der Waals surface area contributed by atoms with Gasteiger partial charge in [0.1, 0.15) is 11.6 Å². The predicted octanol–water partition coefficient (Wildman–Crippen LogP) is 1.95. The highest BCUT2D eigenvalue weighted by Crippen LogP contribution is 2.39. The monoisotopic (exact) mass is 337 g/mol. The Balaban J connectivity index is 1.30. The molecule has 1 atom stereocenters. The summed E-state index contributed by atoms with van der Waals surface area (Å²) in [7, 11) is 0. The molecular weight excluding hydrogens is 314 g/mol. The van der Waals surface area contributed by atoms with Crippen LogP contribution in [0, 0.1) is 0 Å². The number of hydrogen-bond donors (Lipinski definition) is 0. The average Bonchev–Trinajstić information content (AvgIpc) is 3.26. The van der Waals surface area contributed by atoms with Crippen LogP contribution in [0.15, 0.2) is 24.3 Å². The quantitative estimate of drug-likeness (QED) is 0.859. The first kappa shape index (κ1) is 15.1. The van der Waals surface area contributed by atoms with E-state index in [-0.39, 0.29) is 11.9 Å². The highest BCUT2D eigenvalue weighted by molar-refractivity contribution is 5.97. The fourth-order valence-electron chi connectivity index (χ4n) is 4.22. The molecule has 6 heteroatoms. The Hall–Kier alpha value is -2.21. The zero-order valence-corrected chi connectivity index (χ0v) is 14.6. The van der Waals surface area contributed by atoms with Crippen LogP contribution in [0.3, 0.4) is 0 Å². The molecule has 3 heterocycles. The van der Waals surface area contributed by atoms with Crippen molar-refractivity contribution in [1.29, 1.82) is 0 Å². The van der Waals surface area contributed by atoms with Crippen LogP contribution in [0.4, 0.5) is 5.69 Å². The van der Waals surface area contributed by atoms with Gasteiger partial charge >= 0.3 is 0 Å². The molecule has 1 unspecified atom stereocenters. The smallest absolute Gasteiger partial charge is 0.241 e. The van der Waals surface area contributed by atoms with E-state index in [1.807, 2.05) is 11.0 Å². The minimum absolute atomic E-state index is 0.188. The molecule has 0 bridgehead atoms. The summed E-state index contributed by atoms with van der Waals surface area (Å²) < 4.78 is 2.27. The zero-order chi connectivity index (χ0) is 17.0. The van der Waals surface area contributed by atoms with Crippen molar-refractivity contribution in [2.24, 2.45) is 0 Å². The lowest BCUT2D eigenvalue weighted by Gasteiger charge is -2.30. The maximum atomic E-state index is 13.0. The number of amides is 1. The molecule has 0 saturated heterocycles. The third kappa shape index (κ3) is 2.56. The van der Waals surface area contributed by atoms with Crippen molar-refractivity contribution >= 4 is 11.6 Å². The molecule has 0 N–H and O–H groups in total. The van der Waals surface area contributed by atoms with Crippen LogP contribution < -0.4 is 4.90 Å². The molecule has 2 aliphatic heterocycles. The van der Waals surface area contributed by atoms with E-state index >= 15 is 0 Å². The highest BCUT2D eigenvalue weighted by Gasteiger charge is 2.34. The maximum Gasteiger partial charge on any atom is 0.241 e. The van der Waals surface area contributed by atoms with Crippen molar-refractivity contribution in [2.45, 2.75) is 51.2 Å². The van der Waals surface area contributed by atoms with E-state index in [1.165, 1.54) is 18.4 Å². The van der Waals surface area contributed by atoms with E-state index < -0.39 is 0 Å². The Morgan fingerprint density at radius 3 is 2.88 bits per heavy atom. The van der Waals surface area contributed by atoms with Crippen molar-refractivity contribution in [3.05, 3.63) is 41.5 Å². The molecule has 0 radical (unpaired) electrons. The molecule has 130 valence electrons. The number of para-hydroxylation sites is 1. The van der Waals surface area contributed by atoms with Gasteiger partial charge < -0.3 is 9.47 Å². The first-order valence-corrected chi connectivity index (χ1v) is 9.25. The fraction of sp³-hybridized carbons (Fsp3) is 0.526.